The molecule has 1 aliphatic rings. The van der Waals surface area contributed by atoms with Gasteiger partial charge < -0.3 is 11.1 Å². The molecule has 0 aromatic rings. The number of amides is 1. The molecule has 2 atom stereocenters. The molecule has 1 rings (SSSR count). The Labute approximate surface area is 73.7 Å². The Balaban J connectivity index is 2.35. The van der Waals surface area contributed by atoms with Crippen LogP contribution < -0.4 is 11.1 Å². The Morgan fingerprint density at radius 2 is 2.25 bits per heavy atom. The highest BCUT2D eigenvalue weighted by Gasteiger charge is 2.24. The maximum absolute atomic E-state index is 11.1. The zero-order chi connectivity index (χ0) is 9.14. The fourth-order valence-corrected chi connectivity index (χ4v) is 1.64. The van der Waals surface area contributed by atoms with Crippen molar-refractivity contribution in [2.45, 2.75) is 45.2 Å². The quantitative estimate of drug-likeness (QED) is 0.639. The largest absolute Gasteiger partial charge is 0.352 e. The number of nitrogens with two attached hydrogens (primary N) is 1. The monoisotopic (exact) mass is 170 g/mol. The highest BCUT2D eigenvalue weighted by molar-refractivity contribution is 5.82. The Hall–Kier alpha value is -0.570. The van der Waals surface area contributed by atoms with Crippen LogP contribution in [0.25, 0.3) is 0 Å². The number of rotatable bonds is 2. The summed E-state index contributed by atoms with van der Waals surface area (Å²) in [7, 11) is 0. The first kappa shape index (κ1) is 9.52. The smallest absolute Gasteiger partial charge is 0.237 e. The van der Waals surface area contributed by atoms with Crippen LogP contribution in [0.15, 0.2) is 0 Å². The van der Waals surface area contributed by atoms with Gasteiger partial charge in [-0.25, -0.2) is 0 Å². The number of piperidine rings is 1. The zero-order valence-corrected chi connectivity index (χ0v) is 7.84. The van der Waals surface area contributed by atoms with E-state index in [0.29, 0.717) is 12.0 Å². The third kappa shape index (κ3) is 2.48. The van der Waals surface area contributed by atoms with Gasteiger partial charge in [0.1, 0.15) is 0 Å². The van der Waals surface area contributed by atoms with Crippen molar-refractivity contribution in [2.24, 2.45) is 11.7 Å². The Bertz CT molecular complexity index is 168. The number of nitrogens with one attached hydrogen (secondary N) is 1. The minimum Gasteiger partial charge on any atom is -0.352 e. The van der Waals surface area contributed by atoms with Gasteiger partial charge in [-0.1, -0.05) is 13.8 Å². The van der Waals surface area contributed by atoms with Crippen molar-refractivity contribution >= 4 is 5.91 Å². The molecule has 0 aliphatic carbocycles. The predicted octanol–water partition coefficient (Wildman–Crippen LogP) is 0.638. The average molecular weight is 170 g/mol. The minimum atomic E-state index is -0.270. The second-order valence-electron chi connectivity index (χ2n) is 4.02. The summed E-state index contributed by atoms with van der Waals surface area (Å²) < 4.78 is 0. The van der Waals surface area contributed by atoms with Crippen LogP contribution in [0.5, 0.6) is 0 Å². The molecule has 70 valence electrons. The summed E-state index contributed by atoms with van der Waals surface area (Å²) in [5.74, 6) is 0.663. The molecule has 3 nitrogen and oxygen atoms in total. The maximum atomic E-state index is 11.1. The summed E-state index contributed by atoms with van der Waals surface area (Å²) in [6.07, 6.45) is 2.94. The molecule has 0 radical (unpaired) electrons. The first-order chi connectivity index (χ1) is 5.59. The van der Waals surface area contributed by atoms with Crippen LogP contribution in [-0.4, -0.2) is 18.0 Å². The van der Waals surface area contributed by atoms with Crippen molar-refractivity contribution in [1.82, 2.24) is 5.32 Å². The third-order valence-electron chi connectivity index (χ3n) is 2.27. The molecular formula is C9H18N2O. The molecule has 1 fully saturated rings. The molecule has 0 saturated carbocycles. The van der Waals surface area contributed by atoms with Crippen molar-refractivity contribution in [3.8, 4) is 0 Å². The standard InChI is InChI=1S/C9H18N2O/c1-6(2)5-7-3-4-8(10)9(12)11-7/h6-8H,3-5,10H2,1-2H3,(H,11,12). The van der Waals surface area contributed by atoms with Crippen LogP contribution in [0.3, 0.4) is 0 Å². The number of carbonyl (C=O) groups excluding carboxylic acids is 1. The Kier molecular flexibility index (Phi) is 3.09. The van der Waals surface area contributed by atoms with Gasteiger partial charge in [-0.05, 0) is 25.2 Å². The molecule has 3 heteroatoms. The molecule has 12 heavy (non-hydrogen) atoms. The average Bonchev–Trinajstić information content (AvgIpc) is 1.96. The van der Waals surface area contributed by atoms with Gasteiger partial charge in [0, 0.05) is 6.04 Å². The topological polar surface area (TPSA) is 55.1 Å². The highest BCUT2D eigenvalue weighted by atomic mass is 16.2. The molecule has 0 bridgehead atoms. The van der Waals surface area contributed by atoms with Crippen molar-refractivity contribution < 1.29 is 4.79 Å². The SMILES string of the molecule is CC(C)CC1CCC(N)C(=O)N1. The Morgan fingerprint density at radius 3 is 2.75 bits per heavy atom. The lowest BCUT2D eigenvalue weighted by Gasteiger charge is -2.28. The van der Waals surface area contributed by atoms with Gasteiger partial charge in [0.15, 0.2) is 0 Å². The van der Waals surface area contributed by atoms with E-state index in [1.807, 2.05) is 0 Å². The molecule has 1 amide bonds. The van der Waals surface area contributed by atoms with Crippen LogP contribution in [-0.2, 0) is 4.79 Å². The normalized spacial score (nSPS) is 30.5. The molecule has 0 spiro atoms. The fourth-order valence-electron chi connectivity index (χ4n) is 1.64. The molecule has 3 N–H and O–H groups in total. The number of hydrogen-bond donors (Lipinski definition) is 2. The van der Waals surface area contributed by atoms with E-state index in [2.05, 4.69) is 19.2 Å². The summed E-state index contributed by atoms with van der Waals surface area (Å²) >= 11 is 0. The van der Waals surface area contributed by atoms with Gasteiger partial charge in [-0.2, -0.15) is 0 Å². The zero-order valence-electron chi connectivity index (χ0n) is 7.84. The Morgan fingerprint density at radius 1 is 1.58 bits per heavy atom. The lowest BCUT2D eigenvalue weighted by Crippen LogP contribution is -2.50. The van der Waals surface area contributed by atoms with Crippen molar-refractivity contribution in [3.05, 3.63) is 0 Å². The van der Waals surface area contributed by atoms with Crippen molar-refractivity contribution in [3.63, 3.8) is 0 Å². The van der Waals surface area contributed by atoms with Gasteiger partial charge in [0.05, 0.1) is 6.04 Å². The lowest BCUT2D eigenvalue weighted by molar-refractivity contribution is -0.124. The van der Waals surface area contributed by atoms with Crippen molar-refractivity contribution in [2.75, 3.05) is 0 Å². The van der Waals surface area contributed by atoms with Gasteiger partial charge in [0.25, 0.3) is 0 Å². The summed E-state index contributed by atoms with van der Waals surface area (Å²) in [5, 5.41) is 2.93. The second-order valence-corrected chi connectivity index (χ2v) is 4.02. The fraction of sp³-hybridized carbons (Fsp3) is 0.889. The summed E-state index contributed by atoms with van der Waals surface area (Å²) in [4.78, 5) is 11.1. The molecule has 1 heterocycles. The molecule has 2 unspecified atom stereocenters. The number of carbonyl (C=O) groups is 1. The molecule has 0 aromatic carbocycles. The number of hydrogen-bond acceptors (Lipinski definition) is 2. The van der Waals surface area contributed by atoms with Crippen LogP contribution in [0, 0.1) is 5.92 Å². The predicted molar refractivity (Wildman–Crippen MR) is 48.6 cm³/mol. The van der Waals surface area contributed by atoms with Gasteiger partial charge in [0.2, 0.25) is 5.91 Å². The van der Waals surface area contributed by atoms with Gasteiger partial charge in [-0.3, -0.25) is 4.79 Å². The third-order valence-corrected chi connectivity index (χ3v) is 2.27. The molecule has 1 aliphatic heterocycles. The summed E-state index contributed by atoms with van der Waals surface area (Å²) in [5.41, 5.74) is 5.56. The van der Waals surface area contributed by atoms with Crippen LogP contribution in [0.1, 0.15) is 33.1 Å². The molecule has 0 aromatic heterocycles. The van der Waals surface area contributed by atoms with Gasteiger partial charge in [-0.15, -0.1) is 0 Å². The maximum Gasteiger partial charge on any atom is 0.237 e. The first-order valence-electron chi connectivity index (χ1n) is 4.65. The van der Waals surface area contributed by atoms with E-state index < -0.39 is 0 Å². The molecular weight excluding hydrogens is 152 g/mol. The summed E-state index contributed by atoms with van der Waals surface area (Å²) in [6, 6.07) is 0.0886. The van der Waals surface area contributed by atoms with E-state index in [-0.39, 0.29) is 11.9 Å². The van der Waals surface area contributed by atoms with Crippen LogP contribution in [0.4, 0.5) is 0 Å². The lowest BCUT2D eigenvalue weighted by atomic mass is 9.94. The van der Waals surface area contributed by atoms with E-state index in [1.54, 1.807) is 0 Å². The van der Waals surface area contributed by atoms with Crippen LogP contribution >= 0.6 is 0 Å². The second kappa shape index (κ2) is 3.90. The van der Waals surface area contributed by atoms with E-state index in [9.17, 15) is 4.79 Å². The summed E-state index contributed by atoms with van der Waals surface area (Å²) in [6.45, 7) is 4.33. The highest BCUT2D eigenvalue weighted by Crippen LogP contribution is 2.14. The van der Waals surface area contributed by atoms with Crippen LogP contribution in [0.2, 0.25) is 0 Å². The van der Waals surface area contributed by atoms with Crippen molar-refractivity contribution in [1.29, 1.82) is 0 Å². The molecule has 1 saturated heterocycles. The van der Waals surface area contributed by atoms with E-state index in [0.717, 1.165) is 19.3 Å². The van der Waals surface area contributed by atoms with E-state index in [4.69, 9.17) is 5.73 Å². The van der Waals surface area contributed by atoms with E-state index in [1.165, 1.54) is 0 Å². The van der Waals surface area contributed by atoms with E-state index >= 15 is 0 Å². The minimum absolute atomic E-state index is 0.0203. The first-order valence-corrected chi connectivity index (χ1v) is 4.65. The van der Waals surface area contributed by atoms with Gasteiger partial charge >= 0.3 is 0 Å².